The van der Waals surface area contributed by atoms with Crippen LogP contribution in [-0.4, -0.2) is 22.6 Å². The highest BCUT2D eigenvalue weighted by Gasteiger charge is 2.34. The Balaban J connectivity index is 2.14. The Labute approximate surface area is 146 Å². The second-order valence-electron chi connectivity index (χ2n) is 5.95. The topological polar surface area (TPSA) is 86.9 Å². The van der Waals surface area contributed by atoms with E-state index in [4.69, 9.17) is 0 Å². The van der Waals surface area contributed by atoms with E-state index in [0.29, 0.717) is 35.5 Å². The number of H-pyrrole nitrogens is 1. The number of aromatic nitrogens is 2. The van der Waals surface area contributed by atoms with Gasteiger partial charge in [0, 0.05) is 24.1 Å². The van der Waals surface area contributed by atoms with Crippen LogP contribution in [0.25, 0.3) is 11.3 Å². The summed E-state index contributed by atoms with van der Waals surface area (Å²) in [6.45, 7) is 2.20. The van der Waals surface area contributed by atoms with Crippen molar-refractivity contribution in [3.05, 3.63) is 39.7 Å². The maximum Gasteiger partial charge on any atom is 0.418 e. The van der Waals surface area contributed by atoms with E-state index in [1.807, 2.05) is 0 Å². The maximum atomic E-state index is 13.2. The highest BCUT2D eigenvalue weighted by molar-refractivity contribution is 5.92. The van der Waals surface area contributed by atoms with Gasteiger partial charge in [0.15, 0.2) is 0 Å². The fraction of sp³-hybridized carbons (Fsp3) is 0.353. The number of carbonyl (C=O) groups excluding carboxylic acids is 1. The molecule has 3 N–H and O–H groups in total. The zero-order chi connectivity index (χ0) is 18.9. The van der Waals surface area contributed by atoms with Crippen LogP contribution < -0.4 is 16.2 Å². The predicted octanol–water partition coefficient (Wildman–Crippen LogP) is 3.16. The molecule has 0 radical (unpaired) electrons. The SMILES string of the molecule is CCC(=O)Nc1cc(-c2n[nH]c(=O)c3c2NCCC3)ccc1C(F)(F)F. The summed E-state index contributed by atoms with van der Waals surface area (Å²) in [5.41, 5.74) is 0.176. The molecule has 0 unspecified atom stereocenters. The van der Waals surface area contributed by atoms with Gasteiger partial charge in [-0.1, -0.05) is 13.0 Å². The van der Waals surface area contributed by atoms with Gasteiger partial charge >= 0.3 is 6.18 Å². The number of benzene rings is 1. The Bertz CT molecular complexity index is 906. The van der Waals surface area contributed by atoms with E-state index >= 15 is 0 Å². The summed E-state index contributed by atoms with van der Waals surface area (Å²) in [6.07, 6.45) is -3.21. The van der Waals surface area contributed by atoms with Gasteiger partial charge in [-0.25, -0.2) is 5.10 Å². The molecule has 0 spiro atoms. The maximum absolute atomic E-state index is 13.2. The smallest absolute Gasteiger partial charge is 0.383 e. The number of rotatable bonds is 3. The fourth-order valence-electron chi connectivity index (χ4n) is 2.88. The number of halogens is 3. The predicted molar refractivity (Wildman–Crippen MR) is 91.0 cm³/mol. The summed E-state index contributed by atoms with van der Waals surface area (Å²) in [6, 6.07) is 3.41. The molecule has 0 bridgehead atoms. The molecular formula is C17H17F3N4O2. The second kappa shape index (κ2) is 6.81. The third-order valence-electron chi connectivity index (χ3n) is 4.18. The monoisotopic (exact) mass is 366 g/mol. The van der Waals surface area contributed by atoms with Gasteiger partial charge in [-0.2, -0.15) is 18.3 Å². The first-order valence-electron chi connectivity index (χ1n) is 8.18. The summed E-state index contributed by atoms with van der Waals surface area (Å²) in [7, 11) is 0. The van der Waals surface area contributed by atoms with Gasteiger partial charge < -0.3 is 10.6 Å². The van der Waals surface area contributed by atoms with Gasteiger partial charge in [-0.3, -0.25) is 9.59 Å². The quantitative estimate of drug-likeness (QED) is 0.779. The number of alkyl halides is 3. The third-order valence-corrected chi connectivity index (χ3v) is 4.18. The van der Waals surface area contributed by atoms with Gasteiger partial charge in [0.25, 0.3) is 5.56 Å². The Hall–Kier alpha value is -2.84. The van der Waals surface area contributed by atoms with Crippen molar-refractivity contribution < 1.29 is 18.0 Å². The standard InChI is InChI=1S/C17H17F3N4O2/c1-2-13(25)22-12-8-9(5-6-11(12)17(18,19)20)14-15-10(4-3-7-21-15)16(26)24-23-14/h5-6,8,21H,2-4,7H2,1H3,(H,22,25)(H,24,26). The van der Waals surface area contributed by atoms with Crippen LogP contribution in [0.5, 0.6) is 0 Å². The van der Waals surface area contributed by atoms with Crippen LogP contribution in [0.3, 0.4) is 0 Å². The van der Waals surface area contributed by atoms with Crippen LogP contribution in [0.15, 0.2) is 23.0 Å². The molecular weight excluding hydrogens is 349 g/mol. The van der Waals surface area contributed by atoms with Gasteiger partial charge in [0.05, 0.1) is 16.9 Å². The van der Waals surface area contributed by atoms with Gasteiger partial charge in [0.1, 0.15) is 5.69 Å². The average Bonchev–Trinajstić information content (AvgIpc) is 2.61. The molecule has 2 heterocycles. The molecule has 6 nitrogen and oxygen atoms in total. The summed E-state index contributed by atoms with van der Waals surface area (Å²) in [5, 5.41) is 11.8. The number of fused-ring (bicyclic) bond motifs is 1. The molecule has 0 fully saturated rings. The number of nitrogens with zero attached hydrogens (tertiary/aromatic N) is 1. The third kappa shape index (κ3) is 3.42. The molecule has 138 valence electrons. The van der Waals surface area contributed by atoms with Crippen molar-refractivity contribution in [2.75, 3.05) is 17.2 Å². The van der Waals surface area contributed by atoms with Crippen molar-refractivity contribution in [2.24, 2.45) is 0 Å². The van der Waals surface area contributed by atoms with Gasteiger partial charge in [-0.05, 0) is 25.0 Å². The van der Waals surface area contributed by atoms with E-state index in [1.165, 1.54) is 12.1 Å². The summed E-state index contributed by atoms with van der Waals surface area (Å²) >= 11 is 0. The normalized spacial score (nSPS) is 13.7. The molecule has 0 atom stereocenters. The minimum atomic E-state index is -4.61. The van der Waals surface area contributed by atoms with Crippen molar-refractivity contribution in [3.8, 4) is 11.3 Å². The van der Waals surface area contributed by atoms with Crippen molar-refractivity contribution in [1.82, 2.24) is 10.2 Å². The Morgan fingerprint density at radius 1 is 1.35 bits per heavy atom. The molecule has 26 heavy (non-hydrogen) atoms. The van der Waals surface area contributed by atoms with Crippen LogP contribution in [0.1, 0.15) is 30.9 Å². The number of anilines is 2. The lowest BCUT2D eigenvalue weighted by Gasteiger charge is -2.20. The molecule has 1 aromatic heterocycles. The number of nitrogens with one attached hydrogen (secondary N) is 3. The molecule has 2 aromatic rings. The lowest BCUT2D eigenvalue weighted by atomic mass is 9.99. The number of aromatic amines is 1. The molecule has 1 aliphatic heterocycles. The highest BCUT2D eigenvalue weighted by atomic mass is 19.4. The Morgan fingerprint density at radius 2 is 2.12 bits per heavy atom. The van der Waals surface area contributed by atoms with E-state index in [1.54, 1.807) is 6.92 Å². The zero-order valence-electron chi connectivity index (χ0n) is 14.0. The first kappa shape index (κ1) is 18.0. The van der Waals surface area contributed by atoms with Crippen LogP contribution in [0, 0.1) is 0 Å². The summed E-state index contributed by atoms with van der Waals surface area (Å²) in [5.74, 6) is -0.526. The van der Waals surface area contributed by atoms with Crippen LogP contribution in [0.2, 0.25) is 0 Å². The number of hydrogen-bond acceptors (Lipinski definition) is 4. The minimum absolute atomic E-state index is 0.0510. The molecule has 1 aromatic carbocycles. The van der Waals surface area contributed by atoms with E-state index in [0.717, 1.165) is 12.5 Å². The van der Waals surface area contributed by atoms with Crippen LogP contribution >= 0.6 is 0 Å². The first-order chi connectivity index (χ1) is 12.3. The largest absolute Gasteiger partial charge is 0.418 e. The van der Waals surface area contributed by atoms with E-state index in [2.05, 4.69) is 20.8 Å². The molecule has 0 saturated carbocycles. The van der Waals surface area contributed by atoms with Crippen molar-refractivity contribution in [1.29, 1.82) is 0 Å². The Kier molecular flexibility index (Phi) is 4.71. The van der Waals surface area contributed by atoms with E-state index in [-0.39, 0.29) is 17.7 Å². The minimum Gasteiger partial charge on any atom is -0.383 e. The van der Waals surface area contributed by atoms with E-state index in [9.17, 15) is 22.8 Å². The first-order valence-corrected chi connectivity index (χ1v) is 8.18. The van der Waals surface area contributed by atoms with Crippen LogP contribution in [-0.2, 0) is 17.4 Å². The molecule has 0 aliphatic carbocycles. The number of carbonyl (C=O) groups is 1. The summed E-state index contributed by atoms with van der Waals surface area (Å²) in [4.78, 5) is 23.6. The second-order valence-corrected chi connectivity index (χ2v) is 5.95. The molecule has 1 aliphatic rings. The van der Waals surface area contributed by atoms with Gasteiger partial charge in [0.2, 0.25) is 5.91 Å². The Morgan fingerprint density at radius 3 is 2.81 bits per heavy atom. The van der Waals surface area contributed by atoms with Crippen LogP contribution in [0.4, 0.5) is 24.5 Å². The van der Waals surface area contributed by atoms with Crippen molar-refractivity contribution in [3.63, 3.8) is 0 Å². The van der Waals surface area contributed by atoms with Crippen molar-refractivity contribution >= 4 is 17.3 Å². The molecule has 0 saturated heterocycles. The highest BCUT2D eigenvalue weighted by Crippen LogP contribution is 2.38. The number of amides is 1. The molecule has 3 rings (SSSR count). The summed E-state index contributed by atoms with van der Waals surface area (Å²) < 4.78 is 39.7. The average molecular weight is 366 g/mol. The molecule has 9 heteroatoms. The zero-order valence-corrected chi connectivity index (χ0v) is 14.0. The number of hydrogen-bond donors (Lipinski definition) is 3. The van der Waals surface area contributed by atoms with E-state index < -0.39 is 17.6 Å². The lowest BCUT2D eigenvalue weighted by molar-refractivity contribution is -0.137. The lowest BCUT2D eigenvalue weighted by Crippen LogP contribution is -2.24. The van der Waals surface area contributed by atoms with Gasteiger partial charge in [-0.15, -0.1) is 0 Å². The molecule has 1 amide bonds. The fourth-order valence-corrected chi connectivity index (χ4v) is 2.88. The van der Waals surface area contributed by atoms with Crippen molar-refractivity contribution in [2.45, 2.75) is 32.4 Å².